The Morgan fingerprint density at radius 2 is 2.25 bits per heavy atom. The van der Waals surface area contributed by atoms with Gasteiger partial charge in [0.25, 0.3) is 0 Å². The Labute approximate surface area is 125 Å². The van der Waals surface area contributed by atoms with Gasteiger partial charge in [0.2, 0.25) is 5.91 Å². The molecule has 1 heterocycles. The Balaban J connectivity index is 1.96. The highest BCUT2D eigenvalue weighted by Gasteiger charge is 2.24. The number of carbonyl (C=O) groups excluding carboxylic acids is 1. The van der Waals surface area contributed by atoms with Gasteiger partial charge in [0, 0.05) is 35.9 Å². The number of piperazine rings is 1. The number of anilines is 1. The van der Waals surface area contributed by atoms with Crippen LogP contribution in [0.4, 0.5) is 5.69 Å². The molecule has 1 aromatic rings. The van der Waals surface area contributed by atoms with E-state index in [0.29, 0.717) is 23.7 Å². The maximum atomic E-state index is 12.2. The van der Waals surface area contributed by atoms with Gasteiger partial charge in [-0.15, -0.1) is 0 Å². The van der Waals surface area contributed by atoms with Crippen LogP contribution in [0.15, 0.2) is 18.2 Å². The highest BCUT2D eigenvalue weighted by molar-refractivity contribution is 6.31. The zero-order valence-electron chi connectivity index (χ0n) is 12.2. The molecule has 2 rings (SSSR count). The van der Waals surface area contributed by atoms with E-state index in [1.807, 2.05) is 25.1 Å². The van der Waals surface area contributed by atoms with Crippen LogP contribution in [0.5, 0.6) is 0 Å². The molecule has 0 radical (unpaired) electrons. The summed E-state index contributed by atoms with van der Waals surface area (Å²) in [5.74, 6) is 0.0105. The Bertz CT molecular complexity index is 492. The van der Waals surface area contributed by atoms with Crippen molar-refractivity contribution in [3.8, 4) is 0 Å². The van der Waals surface area contributed by atoms with E-state index in [1.54, 1.807) is 0 Å². The van der Waals surface area contributed by atoms with Crippen LogP contribution in [-0.4, -0.2) is 42.5 Å². The molecular formula is C15H22ClN3O. The fourth-order valence-electron chi connectivity index (χ4n) is 2.43. The predicted octanol–water partition coefficient (Wildman–Crippen LogP) is 2.27. The molecule has 1 fully saturated rings. The van der Waals surface area contributed by atoms with E-state index in [4.69, 9.17) is 11.6 Å². The highest BCUT2D eigenvalue weighted by atomic mass is 35.5. The van der Waals surface area contributed by atoms with Gasteiger partial charge in [0.05, 0.1) is 6.54 Å². The summed E-state index contributed by atoms with van der Waals surface area (Å²) in [5, 5.41) is 7.03. The second kappa shape index (κ2) is 6.57. The van der Waals surface area contributed by atoms with Gasteiger partial charge in [0.1, 0.15) is 0 Å². The van der Waals surface area contributed by atoms with Crippen molar-refractivity contribution in [2.45, 2.75) is 32.9 Å². The third-order valence-corrected chi connectivity index (χ3v) is 4.19. The van der Waals surface area contributed by atoms with E-state index >= 15 is 0 Å². The molecular weight excluding hydrogens is 274 g/mol. The fraction of sp³-hybridized carbons (Fsp3) is 0.533. The van der Waals surface area contributed by atoms with Gasteiger partial charge in [-0.2, -0.15) is 0 Å². The predicted molar refractivity (Wildman–Crippen MR) is 83.3 cm³/mol. The first-order valence-electron chi connectivity index (χ1n) is 6.99. The van der Waals surface area contributed by atoms with E-state index in [1.165, 1.54) is 0 Å². The number of amides is 1. The molecule has 2 atom stereocenters. The van der Waals surface area contributed by atoms with Crippen LogP contribution in [0.25, 0.3) is 0 Å². The summed E-state index contributed by atoms with van der Waals surface area (Å²) in [4.78, 5) is 14.4. The lowest BCUT2D eigenvalue weighted by Gasteiger charge is -2.36. The number of benzene rings is 1. The average molecular weight is 296 g/mol. The number of nitrogens with zero attached hydrogens (tertiary/aromatic N) is 1. The number of nitrogens with one attached hydrogen (secondary N) is 2. The van der Waals surface area contributed by atoms with Crippen molar-refractivity contribution < 1.29 is 4.79 Å². The lowest BCUT2D eigenvalue weighted by molar-refractivity contribution is -0.118. The fourth-order valence-corrected chi connectivity index (χ4v) is 2.61. The maximum absolute atomic E-state index is 12.2. The molecule has 0 aromatic heterocycles. The molecule has 1 aliphatic rings. The van der Waals surface area contributed by atoms with Crippen molar-refractivity contribution in [2.75, 3.05) is 25.0 Å². The van der Waals surface area contributed by atoms with Gasteiger partial charge < -0.3 is 10.6 Å². The molecule has 0 bridgehead atoms. The average Bonchev–Trinajstić information content (AvgIpc) is 2.39. The standard InChI is InChI=1S/C15H22ClN3O/c1-10-8-19(11(2)7-17-10)9-15(20)18-14-6-4-5-13(16)12(14)3/h4-6,10-11,17H,7-9H2,1-3H3,(H,18,20). The molecule has 0 spiro atoms. The van der Waals surface area contributed by atoms with Crippen LogP contribution >= 0.6 is 11.6 Å². The van der Waals surface area contributed by atoms with Crippen molar-refractivity contribution in [1.82, 2.24) is 10.2 Å². The number of hydrogen-bond donors (Lipinski definition) is 2. The molecule has 1 aliphatic heterocycles. The minimum Gasteiger partial charge on any atom is -0.325 e. The summed E-state index contributed by atoms with van der Waals surface area (Å²) < 4.78 is 0. The summed E-state index contributed by atoms with van der Waals surface area (Å²) in [6.45, 7) is 8.41. The van der Waals surface area contributed by atoms with Crippen LogP contribution in [0.3, 0.4) is 0 Å². The molecule has 1 saturated heterocycles. The van der Waals surface area contributed by atoms with Crippen LogP contribution < -0.4 is 10.6 Å². The molecule has 20 heavy (non-hydrogen) atoms. The maximum Gasteiger partial charge on any atom is 0.238 e. The van der Waals surface area contributed by atoms with E-state index in [0.717, 1.165) is 24.3 Å². The van der Waals surface area contributed by atoms with Gasteiger partial charge in [-0.1, -0.05) is 17.7 Å². The minimum absolute atomic E-state index is 0.0105. The van der Waals surface area contributed by atoms with E-state index in [2.05, 4.69) is 29.4 Å². The monoisotopic (exact) mass is 295 g/mol. The van der Waals surface area contributed by atoms with Crippen LogP contribution in [0, 0.1) is 6.92 Å². The zero-order valence-corrected chi connectivity index (χ0v) is 13.0. The Morgan fingerprint density at radius 1 is 1.50 bits per heavy atom. The van der Waals surface area contributed by atoms with Crippen molar-refractivity contribution in [1.29, 1.82) is 0 Å². The molecule has 2 N–H and O–H groups in total. The lowest BCUT2D eigenvalue weighted by Crippen LogP contribution is -2.55. The number of halogens is 1. The third-order valence-electron chi connectivity index (χ3n) is 3.78. The molecule has 5 heteroatoms. The molecule has 1 amide bonds. The number of carbonyl (C=O) groups is 1. The SMILES string of the molecule is Cc1c(Cl)cccc1NC(=O)CN1CC(C)NCC1C. The Morgan fingerprint density at radius 3 is 3.00 bits per heavy atom. The quantitative estimate of drug-likeness (QED) is 0.899. The molecule has 0 aliphatic carbocycles. The minimum atomic E-state index is 0.0105. The molecule has 4 nitrogen and oxygen atoms in total. The molecule has 2 unspecified atom stereocenters. The largest absolute Gasteiger partial charge is 0.325 e. The van der Waals surface area contributed by atoms with Gasteiger partial charge >= 0.3 is 0 Å². The van der Waals surface area contributed by atoms with Gasteiger partial charge in [-0.25, -0.2) is 0 Å². The van der Waals surface area contributed by atoms with Gasteiger partial charge in [-0.05, 0) is 38.5 Å². The first-order chi connectivity index (χ1) is 9.47. The van der Waals surface area contributed by atoms with Gasteiger partial charge in [0.15, 0.2) is 0 Å². The van der Waals surface area contributed by atoms with E-state index < -0.39 is 0 Å². The number of rotatable bonds is 3. The summed E-state index contributed by atoms with van der Waals surface area (Å²) in [5.41, 5.74) is 1.70. The second-order valence-electron chi connectivity index (χ2n) is 5.55. The van der Waals surface area contributed by atoms with E-state index in [9.17, 15) is 4.79 Å². The van der Waals surface area contributed by atoms with Crippen LogP contribution in [0.2, 0.25) is 5.02 Å². The van der Waals surface area contributed by atoms with Crippen molar-refractivity contribution in [2.24, 2.45) is 0 Å². The lowest BCUT2D eigenvalue weighted by atomic mass is 10.1. The first-order valence-corrected chi connectivity index (χ1v) is 7.37. The molecule has 0 saturated carbocycles. The summed E-state index contributed by atoms with van der Waals surface area (Å²) in [7, 11) is 0. The topological polar surface area (TPSA) is 44.4 Å². The summed E-state index contributed by atoms with van der Waals surface area (Å²) in [6.07, 6.45) is 0. The smallest absolute Gasteiger partial charge is 0.238 e. The summed E-state index contributed by atoms with van der Waals surface area (Å²) in [6, 6.07) is 6.35. The van der Waals surface area contributed by atoms with Crippen LogP contribution in [-0.2, 0) is 4.79 Å². The number of hydrogen-bond acceptors (Lipinski definition) is 3. The Hall–Kier alpha value is -1.10. The normalized spacial score (nSPS) is 23.6. The molecule has 1 aromatic carbocycles. The molecule has 110 valence electrons. The van der Waals surface area contributed by atoms with E-state index in [-0.39, 0.29) is 5.91 Å². The van der Waals surface area contributed by atoms with Crippen LogP contribution in [0.1, 0.15) is 19.4 Å². The van der Waals surface area contributed by atoms with Crippen molar-refractivity contribution in [3.63, 3.8) is 0 Å². The van der Waals surface area contributed by atoms with Crippen molar-refractivity contribution >= 4 is 23.2 Å². The second-order valence-corrected chi connectivity index (χ2v) is 5.96. The first kappa shape index (κ1) is 15.3. The third kappa shape index (κ3) is 3.72. The van der Waals surface area contributed by atoms with Gasteiger partial charge in [-0.3, -0.25) is 9.69 Å². The zero-order chi connectivity index (χ0) is 14.7. The van der Waals surface area contributed by atoms with Crippen molar-refractivity contribution in [3.05, 3.63) is 28.8 Å². The summed E-state index contributed by atoms with van der Waals surface area (Å²) >= 11 is 6.06. The Kier molecular flexibility index (Phi) is 5.02. The highest BCUT2D eigenvalue weighted by Crippen LogP contribution is 2.22.